The molecular formula is C21H22N3O2W-. The fourth-order valence-corrected chi connectivity index (χ4v) is 3.62. The Hall–Kier alpha value is -2.10. The summed E-state index contributed by atoms with van der Waals surface area (Å²) in [5.74, 6) is 0.233. The van der Waals surface area contributed by atoms with Crippen LogP contribution in [0, 0.1) is 6.07 Å². The van der Waals surface area contributed by atoms with Crippen LogP contribution in [0.5, 0.6) is 5.75 Å². The fourth-order valence-electron chi connectivity index (χ4n) is 3.62. The van der Waals surface area contributed by atoms with Crippen molar-refractivity contribution in [3.05, 3.63) is 65.4 Å². The van der Waals surface area contributed by atoms with Gasteiger partial charge in [0.1, 0.15) is 0 Å². The summed E-state index contributed by atoms with van der Waals surface area (Å²) in [5.41, 5.74) is 9.39. The smallest absolute Gasteiger partial charge is 0.224 e. The molecule has 0 bridgehead atoms. The molecule has 2 heterocycles. The van der Waals surface area contributed by atoms with E-state index in [0.717, 1.165) is 31.4 Å². The molecule has 27 heavy (non-hydrogen) atoms. The van der Waals surface area contributed by atoms with Crippen LogP contribution in [0.2, 0.25) is 0 Å². The van der Waals surface area contributed by atoms with Gasteiger partial charge in [-0.05, 0) is 31.0 Å². The maximum atomic E-state index is 11.6. The Bertz CT molecular complexity index is 938. The second-order valence-corrected chi connectivity index (χ2v) is 6.69. The molecule has 1 aliphatic heterocycles. The van der Waals surface area contributed by atoms with Crippen LogP contribution < -0.4 is 15.8 Å². The number of aromatic amines is 1. The van der Waals surface area contributed by atoms with Gasteiger partial charge in [0, 0.05) is 50.0 Å². The van der Waals surface area contributed by atoms with Crippen LogP contribution in [0.25, 0.3) is 10.9 Å². The van der Waals surface area contributed by atoms with E-state index < -0.39 is 5.91 Å². The van der Waals surface area contributed by atoms with E-state index >= 15 is 0 Å². The van der Waals surface area contributed by atoms with Crippen LogP contribution in [-0.2, 0) is 33.9 Å². The van der Waals surface area contributed by atoms with Gasteiger partial charge in [0.15, 0.2) is 0 Å². The van der Waals surface area contributed by atoms with Crippen molar-refractivity contribution in [3.63, 3.8) is 0 Å². The standard InChI is InChI=1S/C21H22N3O2.W/c22-21(25)17-7-3-9-20-18(17)11-15(13-26-20)23-10-4-5-14-12-24-19-8-2-1-6-16(14)19;/h1-3,6-8,12,15,23-24H,4-5,10-11,13H2,(H2,22,25);/q-1;. The fraction of sp³-hybridized carbons (Fsp3) is 0.286. The number of aryl methyl sites for hydroxylation is 1. The van der Waals surface area contributed by atoms with E-state index in [2.05, 4.69) is 40.8 Å². The van der Waals surface area contributed by atoms with Crippen molar-refractivity contribution in [2.24, 2.45) is 5.73 Å². The molecule has 1 aromatic heterocycles. The molecule has 0 radical (unpaired) electrons. The Kier molecular flexibility index (Phi) is 6.35. The SMILES string of the molecule is NC(=O)c1cc[c-]c2c1CC(NCCCc1c[nH]c3ccccc13)CO2.[W]. The van der Waals surface area contributed by atoms with Crippen molar-refractivity contribution < 1.29 is 30.6 Å². The minimum Gasteiger partial charge on any atom is -0.518 e. The number of nitrogens with one attached hydrogen (secondary N) is 2. The van der Waals surface area contributed by atoms with Crippen molar-refractivity contribution in [3.8, 4) is 5.75 Å². The first-order valence-electron chi connectivity index (χ1n) is 8.97. The molecule has 6 heteroatoms. The molecule has 5 nitrogen and oxygen atoms in total. The number of para-hydroxylation sites is 1. The molecule has 3 aromatic rings. The number of primary amides is 1. The van der Waals surface area contributed by atoms with E-state index in [1.54, 1.807) is 12.1 Å². The molecular weight excluding hydrogens is 510 g/mol. The summed E-state index contributed by atoms with van der Waals surface area (Å²) in [6.45, 7) is 1.48. The summed E-state index contributed by atoms with van der Waals surface area (Å²) in [6.07, 6.45) is 4.88. The van der Waals surface area contributed by atoms with Crippen molar-refractivity contribution >= 4 is 16.8 Å². The average Bonchev–Trinajstić information content (AvgIpc) is 3.07. The second-order valence-electron chi connectivity index (χ2n) is 6.69. The van der Waals surface area contributed by atoms with Crippen molar-refractivity contribution in [1.82, 2.24) is 10.3 Å². The number of fused-ring (bicyclic) bond motifs is 2. The van der Waals surface area contributed by atoms with Gasteiger partial charge in [0.2, 0.25) is 5.91 Å². The third kappa shape index (κ3) is 4.25. The number of nitrogens with two attached hydrogens (primary N) is 1. The first kappa shape index (κ1) is 19.7. The zero-order valence-corrected chi connectivity index (χ0v) is 17.9. The van der Waals surface area contributed by atoms with Gasteiger partial charge in [-0.2, -0.15) is 12.1 Å². The van der Waals surface area contributed by atoms with Gasteiger partial charge in [-0.1, -0.05) is 30.2 Å². The quantitative estimate of drug-likeness (QED) is 0.338. The summed E-state index contributed by atoms with van der Waals surface area (Å²) in [6, 6.07) is 15.0. The Morgan fingerprint density at radius 3 is 3.04 bits per heavy atom. The minimum atomic E-state index is -0.418. The van der Waals surface area contributed by atoms with Crippen LogP contribution in [0.1, 0.15) is 27.9 Å². The van der Waals surface area contributed by atoms with E-state index in [1.807, 2.05) is 6.07 Å². The van der Waals surface area contributed by atoms with E-state index in [-0.39, 0.29) is 27.1 Å². The van der Waals surface area contributed by atoms with Gasteiger partial charge < -0.3 is 20.8 Å². The second kappa shape index (κ2) is 8.72. The van der Waals surface area contributed by atoms with Crippen LogP contribution in [-0.4, -0.2) is 30.1 Å². The van der Waals surface area contributed by atoms with Gasteiger partial charge in [-0.3, -0.25) is 4.79 Å². The number of carbonyl (C=O) groups is 1. The molecule has 0 saturated heterocycles. The first-order chi connectivity index (χ1) is 12.7. The normalized spacial score (nSPS) is 15.6. The number of hydrogen-bond acceptors (Lipinski definition) is 3. The Labute approximate surface area is 172 Å². The molecule has 0 aliphatic carbocycles. The van der Waals surface area contributed by atoms with Crippen LogP contribution in [0.15, 0.2) is 42.6 Å². The van der Waals surface area contributed by atoms with Gasteiger partial charge in [0.25, 0.3) is 0 Å². The Morgan fingerprint density at radius 2 is 2.19 bits per heavy atom. The number of aromatic nitrogens is 1. The van der Waals surface area contributed by atoms with Gasteiger partial charge >= 0.3 is 0 Å². The van der Waals surface area contributed by atoms with Crippen molar-refractivity contribution in [1.29, 1.82) is 0 Å². The Balaban J connectivity index is 0.00000210. The molecule has 0 fully saturated rings. The van der Waals surface area contributed by atoms with Crippen LogP contribution in [0.3, 0.4) is 0 Å². The molecule has 1 unspecified atom stereocenters. The van der Waals surface area contributed by atoms with Gasteiger partial charge in [-0.25, -0.2) is 0 Å². The van der Waals surface area contributed by atoms with E-state index in [4.69, 9.17) is 10.5 Å². The van der Waals surface area contributed by atoms with E-state index in [0.29, 0.717) is 17.9 Å². The van der Waals surface area contributed by atoms with E-state index in [1.165, 1.54) is 16.5 Å². The zero-order valence-electron chi connectivity index (χ0n) is 15.0. The summed E-state index contributed by atoms with van der Waals surface area (Å²) in [7, 11) is 0. The summed E-state index contributed by atoms with van der Waals surface area (Å²) in [4.78, 5) is 14.9. The number of rotatable bonds is 6. The van der Waals surface area contributed by atoms with Crippen molar-refractivity contribution in [2.75, 3.05) is 13.2 Å². The Morgan fingerprint density at radius 1 is 1.33 bits per heavy atom. The maximum Gasteiger partial charge on any atom is 0.224 e. The molecule has 0 saturated carbocycles. The molecule has 140 valence electrons. The topological polar surface area (TPSA) is 80.1 Å². The maximum absolute atomic E-state index is 11.6. The number of ether oxygens (including phenoxy) is 1. The van der Waals surface area contributed by atoms with Gasteiger partial charge in [0.05, 0.1) is 6.61 Å². The number of amides is 1. The molecule has 2 aromatic carbocycles. The largest absolute Gasteiger partial charge is 0.518 e. The van der Waals surface area contributed by atoms with Gasteiger partial charge in [-0.15, -0.1) is 11.6 Å². The predicted octanol–water partition coefficient (Wildman–Crippen LogP) is 2.59. The predicted molar refractivity (Wildman–Crippen MR) is 101 cm³/mol. The summed E-state index contributed by atoms with van der Waals surface area (Å²) >= 11 is 0. The van der Waals surface area contributed by atoms with Crippen LogP contribution >= 0.6 is 0 Å². The van der Waals surface area contributed by atoms with Crippen molar-refractivity contribution in [2.45, 2.75) is 25.3 Å². The number of carbonyl (C=O) groups excluding carboxylic acids is 1. The van der Waals surface area contributed by atoms with Crippen LogP contribution in [0.4, 0.5) is 0 Å². The third-order valence-electron chi connectivity index (χ3n) is 4.94. The summed E-state index contributed by atoms with van der Waals surface area (Å²) < 4.78 is 5.76. The third-order valence-corrected chi connectivity index (χ3v) is 4.94. The summed E-state index contributed by atoms with van der Waals surface area (Å²) in [5, 5.41) is 4.83. The minimum absolute atomic E-state index is 0. The molecule has 4 rings (SSSR count). The number of hydrogen-bond donors (Lipinski definition) is 3. The van der Waals surface area contributed by atoms with E-state index in [9.17, 15) is 4.79 Å². The average molecular weight is 532 g/mol. The molecule has 0 spiro atoms. The number of benzene rings is 2. The number of H-pyrrole nitrogens is 1. The molecule has 1 amide bonds. The first-order valence-corrected chi connectivity index (χ1v) is 8.97. The molecule has 1 aliphatic rings. The zero-order chi connectivity index (χ0) is 17.9. The monoisotopic (exact) mass is 532 g/mol. The molecule has 4 N–H and O–H groups in total. The molecule has 1 atom stereocenters.